The molecule has 3 atom stereocenters. The lowest BCUT2D eigenvalue weighted by molar-refractivity contribution is -0.132. The molecule has 0 aromatic rings. The lowest BCUT2D eigenvalue weighted by atomic mass is 10.0. The number of carbonyl (C=O) groups excluding carboxylic acids is 1. The number of nitrogens with one attached hydrogen (secondary N) is 1. The molecule has 0 aromatic heterocycles. The summed E-state index contributed by atoms with van der Waals surface area (Å²) in [5.41, 5.74) is 0. The van der Waals surface area contributed by atoms with E-state index in [2.05, 4.69) is 52.0 Å². The van der Waals surface area contributed by atoms with Crippen molar-refractivity contribution in [1.29, 1.82) is 0 Å². The van der Waals surface area contributed by atoms with Crippen LogP contribution in [0.2, 0.25) is 0 Å². The van der Waals surface area contributed by atoms with Gasteiger partial charge in [0, 0.05) is 12.6 Å². The Hall–Kier alpha value is -0.610. The Bertz CT molecular complexity index is 278. The summed E-state index contributed by atoms with van der Waals surface area (Å²) < 4.78 is 0. The van der Waals surface area contributed by atoms with E-state index in [-0.39, 0.29) is 24.2 Å². The average molecular weight is 255 g/mol. The van der Waals surface area contributed by atoms with Gasteiger partial charge in [-0.3, -0.25) is 10.1 Å². The maximum absolute atomic E-state index is 12.5. The topological polar surface area (TPSA) is 35.6 Å². The van der Waals surface area contributed by atoms with Gasteiger partial charge in [0.05, 0.1) is 12.2 Å². The molecule has 3 unspecified atom stereocenters. The van der Waals surface area contributed by atoms with Crippen LogP contribution in [0.4, 0.5) is 0 Å². The van der Waals surface area contributed by atoms with Crippen molar-refractivity contribution in [1.82, 2.24) is 15.1 Å². The van der Waals surface area contributed by atoms with Crippen LogP contribution in [0, 0.1) is 5.92 Å². The molecule has 1 rings (SSSR count). The Morgan fingerprint density at radius 3 is 2.39 bits per heavy atom. The van der Waals surface area contributed by atoms with Crippen molar-refractivity contribution >= 4 is 5.91 Å². The second kappa shape index (κ2) is 6.53. The van der Waals surface area contributed by atoms with Crippen molar-refractivity contribution in [2.75, 3.05) is 20.6 Å². The lowest BCUT2D eigenvalue weighted by Crippen LogP contribution is -2.47. The van der Waals surface area contributed by atoms with E-state index in [1.165, 1.54) is 0 Å². The third-order valence-electron chi connectivity index (χ3n) is 3.48. The third-order valence-corrected chi connectivity index (χ3v) is 3.48. The van der Waals surface area contributed by atoms with Gasteiger partial charge >= 0.3 is 0 Å². The van der Waals surface area contributed by atoms with Gasteiger partial charge in [0.15, 0.2) is 0 Å². The van der Waals surface area contributed by atoms with E-state index >= 15 is 0 Å². The molecule has 0 aliphatic carbocycles. The van der Waals surface area contributed by atoms with E-state index in [4.69, 9.17) is 0 Å². The van der Waals surface area contributed by atoms with Crippen LogP contribution in [-0.4, -0.2) is 54.6 Å². The van der Waals surface area contributed by atoms with Crippen LogP contribution in [0.3, 0.4) is 0 Å². The number of likely N-dealkylation sites (N-methyl/N-ethyl adjacent to an activating group) is 1. The van der Waals surface area contributed by atoms with Gasteiger partial charge in [-0.25, -0.2) is 0 Å². The first kappa shape index (κ1) is 15.4. The van der Waals surface area contributed by atoms with Crippen LogP contribution in [0.15, 0.2) is 0 Å². The van der Waals surface area contributed by atoms with Crippen molar-refractivity contribution in [3.8, 4) is 0 Å². The van der Waals surface area contributed by atoms with E-state index in [0.717, 1.165) is 19.4 Å². The fourth-order valence-corrected chi connectivity index (χ4v) is 2.81. The predicted octanol–water partition coefficient (Wildman–Crippen LogP) is 1.52. The molecule has 4 heteroatoms. The van der Waals surface area contributed by atoms with E-state index < -0.39 is 0 Å². The van der Waals surface area contributed by atoms with Gasteiger partial charge in [-0.15, -0.1) is 0 Å². The van der Waals surface area contributed by atoms with Crippen molar-refractivity contribution in [2.45, 2.75) is 58.8 Å². The lowest BCUT2D eigenvalue weighted by Gasteiger charge is -2.31. The molecule has 18 heavy (non-hydrogen) atoms. The molecule has 0 radical (unpaired) electrons. The normalized spacial score (nSPS) is 26.4. The smallest absolute Gasteiger partial charge is 0.241 e. The molecule has 1 fully saturated rings. The fourth-order valence-electron chi connectivity index (χ4n) is 2.81. The molecule has 1 amide bonds. The van der Waals surface area contributed by atoms with Crippen LogP contribution in [-0.2, 0) is 4.79 Å². The number of amides is 1. The van der Waals surface area contributed by atoms with Crippen molar-refractivity contribution < 1.29 is 4.79 Å². The summed E-state index contributed by atoms with van der Waals surface area (Å²) in [6.07, 6.45) is 2.11. The number of carbonyl (C=O) groups is 1. The van der Waals surface area contributed by atoms with Gasteiger partial charge in [0.1, 0.15) is 0 Å². The van der Waals surface area contributed by atoms with Crippen LogP contribution < -0.4 is 5.32 Å². The molecule has 1 saturated heterocycles. The number of nitrogens with zero attached hydrogens (tertiary/aromatic N) is 2. The molecular formula is C14H29N3O. The maximum Gasteiger partial charge on any atom is 0.241 e. The molecule has 0 spiro atoms. The summed E-state index contributed by atoms with van der Waals surface area (Å²) in [5, 5.41) is 3.48. The summed E-state index contributed by atoms with van der Waals surface area (Å²) in [7, 11) is 4.11. The minimum Gasteiger partial charge on any atom is -0.322 e. The van der Waals surface area contributed by atoms with Crippen molar-refractivity contribution in [2.24, 2.45) is 5.92 Å². The molecular weight excluding hydrogens is 226 g/mol. The monoisotopic (exact) mass is 255 g/mol. The van der Waals surface area contributed by atoms with Crippen LogP contribution in [0.25, 0.3) is 0 Å². The Morgan fingerprint density at radius 1 is 1.33 bits per heavy atom. The van der Waals surface area contributed by atoms with E-state index in [1.54, 1.807) is 0 Å². The van der Waals surface area contributed by atoms with Gasteiger partial charge in [0.2, 0.25) is 5.91 Å². The highest BCUT2D eigenvalue weighted by molar-refractivity contribution is 5.84. The average Bonchev–Trinajstić information content (AvgIpc) is 2.54. The zero-order chi connectivity index (χ0) is 13.9. The summed E-state index contributed by atoms with van der Waals surface area (Å²) >= 11 is 0. The second-order valence-corrected chi connectivity index (χ2v) is 6.13. The molecule has 0 bridgehead atoms. The Labute approximate surface area is 112 Å². The molecule has 4 nitrogen and oxygen atoms in total. The Morgan fingerprint density at radius 2 is 1.94 bits per heavy atom. The van der Waals surface area contributed by atoms with Gasteiger partial charge in [-0.05, 0) is 39.8 Å². The summed E-state index contributed by atoms with van der Waals surface area (Å²) in [4.78, 5) is 16.7. The highest BCUT2D eigenvalue weighted by Crippen LogP contribution is 2.21. The fraction of sp³-hybridized carbons (Fsp3) is 0.929. The summed E-state index contributed by atoms with van der Waals surface area (Å²) in [5.74, 6) is 0.831. The molecule has 1 heterocycles. The van der Waals surface area contributed by atoms with Gasteiger partial charge < -0.3 is 9.80 Å². The first-order valence-corrected chi connectivity index (χ1v) is 7.09. The van der Waals surface area contributed by atoms with E-state index in [1.807, 2.05) is 4.90 Å². The molecule has 1 aliphatic rings. The quantitative estimate of drug-likeness (QED) is 0.781. The minimum absolute atomic E-state index is 0.0135. The molecule has 0 aromatic carbocycles. The summed E-state index contributed by atoms with van der Waals surface area (Å²) in [6, 6.07) is 0.279. The number of hydrogen-bond acceptors (Lipinski definition) is 3. The van der Waals surface area contributed by atoms with Crippen molar-refractivity contribution in [3.63, 3.8) is 0 Å². The second-order valence-electron chi connectivity index (χ2n) is 6.13. The largest absolute Gasteiger partial charge is 0.322 e. The Kier molecular flexibility index (Phi) is 5.60. The van der Waals surface area contributed by atoms with Gasteiger partial charge in [-0.2, -0.15) is 0 Å². The molecule has 1 aliphatic heterocycles. The Balaban J connectivity index is 2.73. The number of rotatable bonds is 6. The number of hydrogen-bond donors (Lipinski definition) is 1. The first-order valence-electron chi connectivity index (χ1n) is 7.09. The van der Waals surface area contributed by atoms with Gasteiger partial charge in [0.25, 0.3) is 0 Å². The van der Waals surface area contributed by atoms with Crippen LogP contribution in [0.1, 0.15) is 40.5 Å². The first-order chi connectivity index (χ1) is 8.36. The van der Waals surface area contributed by atoms with Gasteiger partial charge in [-0.1, -0.05) is 20.8 Å². The third kappa shape index (κ3) is 3.69. The predicted molar refractivity (Wildman–Crippen MR) is 75.3 cm³/mol. The highest BCUT2D eigenvalue weighted by atomic mass is 16.2. The highest BCUT2D eigenvalue weighted by Gasteiger charge is 2.40. The van der Waals surface area contributed by atoms with Crippen LogP contribution >= 0.6 is 0 Å². The van der Waals surface area contributed by atoms with Crippen molar-refractivity contribution in [3.05, 3.63) is 0 Å². The summed E-state index contributed by atoms with van der Waals surface area (Å²) in [6.45, 7) is 9.53. The van der Waals surface area contributed by atoms with Crippen LogP contribution in [0.5, 0.6) is 0 Å². The molecule has 106 valence electrons. The molecule has 1 N–H and O–H groups in total. The zero-order valence-electron chi connectivity index (χ0n) is 12.7. The zero-order valence-corrected chi connectivity index (χ0v) is 12.7. The maximum atomic E-state index is 12.5. The minimum atomic E-state index is 0.0135. The standard InChI is InChI=1S/C14H29N3O/c1-7-13-15-12(8-10(2)3)14(18)17(13)11(4)9-16(5)6/h10-13,15H,7-9H2,1-6H3. The van der Waals surface area contributed by atoms with E-state index in [9.17, 15) is 4.79 Å². The SMILES string of the molecule is CCC1NC(CC(C)C)C(=O)N1C(C)CN(C)C. The van der Waals surface area contributed by atoms with E-state index in [0.29, 0.717) is 5.92 Å². The molecule has 0 saturated carbocycles.